The Hall–Kier alpha value is -3.19. The van der Waals surface area contributed by atoms with Gasteiger partial charge in [-0.15, -0.1) is 10.2 Å². The van der Waals surface area contributed by atoms with E-state index in [4.69, 9.17) is 17.3 Å². The van der Waals surface area contributed by atoms with Crippen molar-refractivity contribution in [3.05, 3.63) is 70.5 Å². The largest absolute Gasteiger partial charge is 0.351 e. The van der Waals surface area contributed by atoms with Crippen LogP contribution in [0.3, 0.4) is 0 Å². The van der Waals surface area contributed by atoms with Gasteiger partial charge in [0.2, 0.25) is 0 Å². The van der Waals surface area contributed by atoms with Crippen LogP contribution < -0.4 is 5.73 Å². The second kappa shape index (κ2) is 7.00. The molecule has 2 aromatic carbocycles. The number of benzene rings is 2. The zero-order valence-corrected chi connectivity index (χ0v) is 16.8. The number of amides is 3. The van der Waals surface area contributed by atoms with Crippen LogP contribution >= 0.6 is 11.6 Å². The maximum absolute atomic E-state index is 12.3. The van der Waals surface area contributed by atoms with E-state index in [1.165, 1.54) is 18.7 Å². The second-order valence-electron chi connectivity index (χ2n) is 7.25. The van der Waals surface area contributed by atoms with E-state index in [-0.39, 0.29) is 11.0 Å². The van der Waals surface area contributed by atoms with E-state index in [9.17, 15) is 9.59 Å². The smallest absolute Gasteiger partial charge is 0.321 e. The summed E-state index contributed by atoms with van der Waals surface area (Å²) in [6.07, 6.45) is 2.03. The van der Waals surface area contributed by atoms with Crippen LogP contribution in [0.2, 0.25) is 5.02 Å². The van der Waals surface area contributed by atoms with Gasteiger partial charge >= 0.3 is 6.03 Å². The molecule has 1 aliphatic carbocycles. The molecule has 1 heterocycles. The Labute approximate surface area is 173 Å². The number of nitrogens with zero attached hydrogens (tertiary/aromatic N) is 4. The van der Waals surface area contributed by atoms with E-state index in [2.05, 4.69) is 22.3 Å². The number of rotatable bonds is 4. The highest BCUT2D eigenvalue weighted by atomic mass is 35.5. The van der Waals surface area contributed by atoms with Crippen molar-refractivity contribution in [2.45, 2.75) is 18.3 Å². The lowest BCUT2D eigenvalue weighted by molar-refractivity contribution is 0.0838. The van der Waals surface area contributed by atoms with E-state index in [0.29, 0.717) is 16.4 Å². The Morgan fingerprint density at radius 2 is 1.83 bits per heavy atom. The predicted octanol–water partition coefficient (Wildman–Crippen LogP) is 3.37. The summed E-state index contributed by atoms with van der Waals surface area (Å²) < 4.78 is 1.96. The average Bonchev–Trinajstić information content (AvgIpc) is 3.44. The number of nitrogens with two attached hydrogens (primary N) is 1. The third kappa shape index (κ3) is 3.17. The molecule has 29 heavy (non-hydrogen) atoms. The van der Waals surface area contributed by atoms with E-state index >= 15 is 0 Å². The summed E-state index contributed by atoms with van der Waals surface area (Å²) in [7, 11) is 3.24. The highest BCUT2D eigenvalue weighted by molar-refractivity contribution is 6.33. The molecule has 0 spiro atoms. The molecule has 148 valence electrons. The number of carbonyl (C=O) groups excluding carboxylic acids is 2. The zero-order valence-electron chi connectivity index (χ0n) is 16.1. The first-order valence-corrected chi connectivity index (χ1v) is 9.56. The number of halogens is 1. The summed E-state index contributed by atoms with van der Waals surface area (Å²) >= 11 is 6.45. The topological polar surface area (TPSA) is 94.1 Å². The molecule has 2 N–H and O–H groups in total. The van der Waals surface area contributed by atoms with Crippen LogP contribution in [-0.2, 0) is 12.5 Å². The average molecular weight is 410 g/mol. The first-order valence-electron chi connectivity index (χ1n) is 9.18. The number of hydrogen-bond acceptors (Lipinski definition) is 4. The lowest BCUT2D eigenvalue weighted by Gasteiger charge is -2.16. The first kappa shape index (κ1) is 19.1. The molecule has 8 heteroatoms. The monoisotopic (exact) mass is 409 g/mol. The van der Waals surface area contributed by atoms with Gasteiger partial charge in [0.1, 0.15) is 5.82 Å². The van der Waals surface area contributed by atoms with E-state index in [1.807, 2.05) is 29.8 Å². The molecule has 0 atom stereocenters. The highest BCUT2D eigenvalue weighted by Gasteiger charge is 2.49. The summed E-state index contributed by atoms with van der Waals surface area (Å²) in [6.45, 7) is 0. The number of aromatic nitrogens is 3. The van der Waals surface area contributed by atoms with Crippen LogP contribution in [0.4, 0.5) is 4.79 Å². The van der Waals surface area contributed by atoms with Gasteiger partial charge in [-0.25, -0.2) is 4.79 Å². The van der Waals surface area contributed by atoms with E-state index < -0.39 is 11.9 Å². The number of hydrogen-bond donors (Lipinski definition) is 1. The van der Waals surface area contributed by atoms with Crippen LogP contribution in [0, 0.1) is 0 Å². The van der Waals surface area contributed by atoms with Crippen LogP contribution in [0.1, 0.15) is 34.6 Å². The lowest BCUT2D eigenvalue weighted by atomic mass is 9.95. The Bertz CT molecular complexity index is 1110. The summed E-state index contributed by atoms with van der Waals surface area (Å²) in [6, 6.07) is 14.3. The fourth-order valence-electron chi connectivity index (χ4n) is 3.63. The normalized spacial score (nSPS) is 14.4. The summed E-state index contributed by atoms with van der Waals surface area (Å²) in [5.41, 5.74) is 7.20. The third-order valence-corrected chi connectivity index (χ3v) is 5.78. The minimum absolute atomic E-state index is 0.117. The molecule has 4 rings (SSSR count). The van der Waals surface area contributed by atoms with Crippen molar-refractivity contribution < 1.29 is 9.59 Å². The van der Waals surface area contributed by atoms with Gasteiger partial charge in [-0.1, -0.05) is 41.9 Å². The standard InChI is InChI=1S/C21H20ClN5O2/c1-26-17(15-9-8-13(12-16(15)22)18(28)27(2)20(23)29)24-25-19(26)21(10-11-21)14-6-4-3-5-7-14/h3-9,12H,10-11H2,1-2H3,(H2,23,29). The lowest BCUT2D eigenvalue weighted by Crippen LogP contribution is -2.37. The number of carbonyl (C=O) groups is 2. The molecule has 1 fully saturated rings. The van der Waals surface area contributed by atoms with Crippen molar-refractivity contribution >= 4 is 23.5 Å². The maximum atomic E-state index is 12.3. The van der Waals surface area contributed by atoms with Crippen molar-refractivity contribution in [2.75, 3.05) is 7.05 Å². The number of imide groups is 1. The molecular formula is C21H20ClN5O2. The molecule has 0 unspecified atom stereocenters. The van der Waals surface area contributed by atoms with Gasteiger partial charge in [0, 0.05) is 25.2 Å². The summed E-state index contributed by atoms with van der Waals surface area (Å²) in [5, 5.41) is 9.19. The van der Waals surface area contributed by atoms with Crippen LogP contribution in [0.15, 0.2) is 48.5 Å². The minimum Gasteiger partial charge on any atom is -0.351 e. The maximum Gasteiger partial charge on any atom is 0.321 e. The highest BCUT2D eigenvalue weighted by Crippen LogP contribution is 2.53. The van der Waals surface area contributed by atoms with E-state index in [0.717, 1.165) is 23.6 Å². The van der Waals surface area contributed by atoms with Crippen molar-refractivity contribution in [3.63, 3.8) is 0 Å². The van der Waals surface area contributed by atoms with Crippen molar-refractivity contribution in [2.24, 2.45) is 12.8 Å². The Balaban J connectivity index is 1.69. The zero-order chi connectivity index (χ0) is 20.8. The SMILES string of the molecule is CN(C(N)=O)C(=O)c1ccc(-c2nnc(C3(c4ccccc4)CC3)n2C)c(Cl)c1. The van der Waals surface area contributed by atoms with Crippen LogP contribution in [0.25, 0.3) is 11.4 Å². The van der Waals surface area contributed by atoms with Gasteiger partial charge in [-0.05, 0) is 36.6 Å². The summed E-state index contributed by atoms with van der Waals surface area (Å²) in [5.74, 6) is 0.989. The van der Waals surface area contributed by atoms with Gasteiger partial charge in [0.15, 0.2) is 5.82 Å². The van der Waals surface area contributed by atoms with Crippen molar-refractivity contribution in [1.82, 2.24) is 19.7 Å². The second-order valence-corrected chi connectivity index (χ2v) is 7.66. The minimum atomic E-state index is -0.830. The molecule has 7 nitrogen and oxygen atoms in total. The molecule has 0 aliphatic heterocycles. The van der Waals surface area contributed by atoms with Gasteiger partial charge < -0.3 is 10.3 Å². The molecule has 0 bridgehead atoms. The van der Waals surface area contributed by atoms with Crippen LogP contribution in [-0.4, -0.2) is 38.7 Å². The molecule has 3 aromatic rings. The fraction of sp³-hybridized carbons (Fsp3) is 0.238. The summed E-state index contributed by atoms with van der Waals surface area (Å²) in [4.78, 5) is 24.3. The van der Waals surface area contributed by atoms with Crippen molar-refractivity contribution in [1.29, 1.82) is 0 Å². The van der Waals surface area contributed by atoms with Gasteiger partial charge in [0.05, 0.1) is 10.4 Å². The Kier molecular flexibility index (Phi) is 4.62. The molecule has 0 saturated heterocycles. The van der Waals surface area contributed by atoms with Crippen LogP contribution in [0.5, 0.6) is 0 Å². The van der Waals surface area contributed by atoms with Crippen molar-refractivity contribution in [3.8, 4) is 11.4 Å². The predicted molar refractivity (Wildman–Crippen MR) is 110 cm³/mol. The number of primary amides is 1. The third-order valence-electron chi connectivity index (χ3n) is 5.47. The van der Waals surface area contributed by atoms with Gasteiger partial charge in [0.25, 0.3) is 5.91 Å². The number of urea groups is 1. The first-order chi connectivity index (χ1) is 13.8. The quantitative estimate of drug-likeness (QED) is 0.714. The Morgan fingerprint density at radius 3 is 2.41 bits per heavy atom. The molecule has 1 aliphatic rings. The molecular weight excluding hydrogens is 390 g/mol. The molecule has 1 saturated carbocycles. The van der Waals surface area contributed by atoms with E-state index in [1.54, 1.807) is 12.1 Å². The van der Waals surface area contributed by atoms with Gasteiger partial charge in [-0.2, -0.15) is 0 Å². The Morgan fingerprint density at radius 1 is 1.14 bits per heavy atom. The molecule has 1 aromatic heterocycles. The molecule has 3 amide bonds. The van der Waals surface area contributed by atoms with Gasteiger partial charge in [-0.3, -0.25) is 9.69 Å². The molecule has 0 radical (unpaired) electrons. The fourth-order valence-corrected chi connectivity index (χ4v) is 3.89.